The largest absolute Gasteiger partial charge is 0.391 e. The Kier molecular flexibility index (Phi) is 11.8. The van der Waals surface area contributed by atoms with Crippen LogP contribution in [0.15, 0.2) is 37.0 Å². The molecule has 0 aromatic carbocycles. The van der Waals surface area contributed by atoms with Crippen molar-refractivity contribution in [3.63, 3.8) is 0 Å². The van der Waals surface area contributed by atoms with Crippen molar-refractivity contribution < 1.29 is 15.3 Å². The molecule has 1 aliphatic rings. The van der Waals surface area contributed by atoms with Gasteiger partial charge in [0, 0.05) is 6.42 Å². The van der Waals surface area contributed by atoms with Gasteiger partial charge in [-0.25, -0.2) is 0 Å². The van der Waals surface area contributed by atoms with Gasteiger partial charge in [-0.3, -0.25) is 0 Å². The Bertz CT molecular complexity index is 425. The summed E-state index contributed by atoms with van der Waals surface area (Å²) < 4.78 is 0. The monoisotopic (exact) mass is 364 g/mol. The maximum atomic E-state index is 9.34. The number of aliphatic hydroxyl groups excluding tert-OH is 1. The summed E-state index contributed by atoms with van der Waals surface area (Å²) in [6.07, 6.45) is 23.0. The average molecular weight is 365 g/mol. The van der Waals surface area contributed by atoms with Gasteiger partial charge in [0.15, 0.2) is 5.79 Å². The van der Waals surface area contributed by atoms with Crippen LogP contribution in [0, 0.1) is 17.8 Å². The zero-order valence-corrected chi connectivity index (χ0v) is 16.7. The minimum Gasteiger partial charge on any atom is -0.391 e. The van der Waals surface area contributed by atoms with Crippen LogP contribution < -0.4 is 0 Å². The fourth-order valence-corrected chi connectivity index (χ4v) is 3.81. The Hall–Kier alpha value is -0.900. The van der Waals surface area contributed by atoms with Gasteiger partial charge >= 0.3 is 0 Å². The molecule has 0 spiro atoms. The number of allylic oxidation sites excluding steroid dienone is 5. The van der Waals surface area contributed by atoms with E-state index < -0.39 is 12.4 Å². The molecule has 3 heteroatoms. The predicted molar refractivity (Wildman–Crippen MR) is 110 cm³/mol. The second-order valence-electron chi connectivity index (χ2n) is 7.90. The zero-order chi connectivity index (χ0) is 19.3. The summed E-state index contributed by atoms with van der Waals surface area (Å²) in [6.45, 7) is 5.62. The van der Waals surface area contributed by atoms with Crippen LogP contribution in [-0.4, -0.2) is 27.7 Å². The van der Waals surface area contributed by atoms with E-state index in [0.717, 1.165) is 25.2 Å². The van der Waals surface area contributed by atoms with E-state index in [1.54, 1.807) is 0 Å². The molecule has 0 bridgehead atoms. The quantitative estimate of drug-likeness (QED) is 0.227. The van der Waals surface area contributed by atoms with Crippen molar-refractivity contribution in [2.24, 2.45) is 17.8 Å². The lowest BCUT2D eigenvalue weighted by atomic mass is 9.91. The maximum absolute atomic E-state index is 9.34. The summed E-state index contributed by atoms with van der Waals surface area (Å²) in [5.41, 5.74) is 0. The first kappa shape index (κ1) is 23.1. The molecule has 1 aliphatic carbocycles. The third-order valence-corrected chi connectivity index (χ3v) is 5.61. The lowest BCUT2D eigenvalue weighted by Gasteiger charge is -2.17. The Labute approximate surface area is 160 Å². The molecule has 0 aliphatic heterocycles. The first-order valence-electron chi connectivity index (χ1n) is 10.5. The van der Waals surface area contributed by atoms with Gasteiger partial charge in [0.2, 0.25) is 0 Å². The van der Waals surface area contributed by atoms with Crippen LogP contribution in [0.1, 0.15) is 77.6 Å². The van der Waals surface area contributed by atoms with E-state index in [9.17, 15) is 10.2 Å². The third-order valence-electron chi connectivity index (χ3n) is 5.61. The molecule has 3 nitrogen and oxygen atoms in total. The fraction of sp³-hybridized carbons (Fsp3) is 0.739. The van der Waals surface area contributed by atoms with Gasteiger partial charge < -0.3 is 15.3 Å². The highest BCUT2D eigenvalue weighted by molar-refractivity contribution is 4.99. The Morgan fingerprint density at radius 3 is 2.65 bits per heavy atom. The number of aliphatic hydroxyl groups is 3. The molecule has 0 unspecified atom stereocenters. The maximum Gasteiger partial charge on any atom is 0.186 e. The van der Waals surface area contributed by atoms with Crippen molar-refractivity contribution in [2.45, 2.75) is 83.3 Å². The van der Waals surface area contributed by atoms with Gasteiger partial charge in [0.1, 0.15) is 0 Å². The molecule has 3 atom stereocenters. The van der Waals surface area contributed by atoms with Crippen molar-refractivity contribution in [1.82, 2.24) is 0 Å². The first-order chi connectivity index (χ1) is 12.5. The van der Waals surface area contributed by atoms with Crippen LogP contribution in [0.5, 0.6) is 0 Å². The summed E-state index contributed by atoms with van der Waals surface area (Å²) in [7, 11) is 0. The SMILES string of the molecule is C=C[C@H](CC=C[C@H]1CCC[C@@H]1CC=CCCCC(O)(O)CO)CCCC. The molecular weight excluding hydrogens is 324 g/mol. The van der Waals surface area contributed by atoms with Gasteiger partial charge in [-0.2, -0.15) is 0 Å². The highest BCUT2D eigenvalue weighted by atomic mass is 16.5. The molecule has 1 rings (SSSR count). The zero-order valence-electron chi connectivity index (χ0n) is 16.7. The summed E-state index contributed by atoms with van der Waals surface area (Å²) in [4.78, 5) is 0. The van der Waals surface area contributed by atoms with Gasteiger partial charge in [0.05, 0.1) is 6.61 Å². The fourth-order valence-electron chi connectivity index (χ4n) is 3.81. The smallest absolute Gasteiger partial charge is 0.186 e. The van der Waals surface area contributed by atoms with E-state index in [-0.39, 0.29) is 6.42 Å². The van der Waals surface area contributed by atoms with Gasteiger partial charge in [-0.1, -0.05) is 56.6 Å². The van der Waals surface area contributed by atoms with Crippen molar-refractivity contribution >= 4 is 0 Å². The molecule has 26 heavy (non-hydrogen) atoms. The molecule has 1 saturated carbocycles. The molecule has 150 valence electrons. The highest BCUT2D eigenvalue weighted by Crippen LogP contribution is 2.35. The van der Waals surface area contributed by atoms with E-state index in [4.69, 9.17) is 5.11 Å². The predicted octanol–water partition coefficient (Wildman–Crippen LogP) is 5.13. The normalized spacial score (nSPS) is 22.5. The number of hydrogen-bond donors (Lipinski definition) is 3. The van der Waals surface area contributed by atoms with Crippen molar-refractivity contribution in [1.29, 1.82) is 0 Å². The van der Waals surface area contributed by atoms with Crippen LogP contribution in [0.3, 0.4) is 0 Å². The standard InChI is InChI=1S/C23H40O3/c1-3-5-12-20(4-2)13-10-15-22-17-11-16-21(22)14-8-6-7-9-18-23(25,26)19-24/h4,6,8,10,15,20-22,24-26H,2-3,5,7,9,11-14,16-19H2,1H3/t20-,21-,22-/m0/s1. The molecule has 3 N–H and O–H groups in total. The number of rotatable bonds is 14. The molecular formula is C23H40O3. The van der Waals surface area contributed by atoms with E-state index in [2.05, 4.69) is 43.9 Å². The van der Waals surface area contributed by atoms with Crippen LogP contribution in [0.4, 0.5) is 0 Å². The lowest BCUT2D eigenvalue weighted by molar-refractivity contribution is -0.191. The van der Waals surface area contributed by atoms with Crippen LogP contribution >= 0.6 is 0 Å². The van der Waals surface area contributed by atoms with Gasteiger partial charge in [-0.05, 0) is 62.7 Å². The van der Waals surface area contributed by atoms with Crippen molar-refractivity contribution in [3.05, 3.63) is 37.0 Å². The Morgan fingerprint density at radius 2 is 1.96 bits per heavy atom. The van der Waals surface area contributed by atoms with Crippen LogP contribution in [-0.2, 0) is 0 Å². The first-order valence-corrected chi connectivity index (χ1v) is 10.5. The van der Waals surface area contributed by atoms with Gasteiger partial charge in [-0.15, -0.1) is 6.58 Å². The Morgan fingerprint density at radius 1 is 1.15 bits per heavy atom. The molecule has 1 fully saturated rings. The molecule has 0 aromatic rings. The van der Waals surface area contributed by atoms with Crippen LogP contribution in [0.2, 0.25) is 0 Å². The van der Waals surface area contributed by atoms with E-state index in [1.807, 2.05) is 0 Å². The minimum absolute atomic E-state index is 0.213. The van der Waals surface area contributed by atoms with Gasteiger partial charge in [0.25, 0.3) is 0 Å². The van der Waals surface area contributed by atoms with E-state index in [1.165, 1.54) is 38.5 Å². The van der Waals surface area contributed by atoms with E-state index >= 15 is 0 Å². The molecule has 0 amide bonds. The topological polar surface area (TPSA) is 60.7 Å². The Balaban J connectivity index is 2.28. The van der Waals surface area contributed by atoms with Crippen molar-refractivity contribution in [3.8, 4) is 0 Å². The molecule has 0 aromatic heterocycles. The van der Waals surface area contributed by atoms with Crippen molar-refractivity contribution in [2.75, 3.05) is 6.61 Å². The summed E-state index contributed by atoms with van der Waals surface area (Å²) in [6, 6.07) is 0. The van der Waals surface area contributed by atoms with E-state index in [0.29, 0.717) is 18.3 Å². The summed E-state index contributed by atoms with van der Waals surface area (Å²) in [5, 5.41) is 27.5. The molecule has 0 radical (unpaired) electrons. The third kappa shape index (κ3) is 9.70. The lowest BCUT2D eigenvalue weighted by Crippen LogP contribution is -2.32. The highest BCUT2D eigenvalue weighted by Gasteiger charge is 2.24. The molecule has 0 heterocycles. The van der Waals surface area contributed by atoms with Crippen LogP contribution in [0.25, 0.3) is 0 Å². The minimum atomic E-state index is -1.92. The second-order valence-corrected chi connectivity index (χ2v) is 7.90. The summed E-state index contributed by atoms with van der Waals surface area (Å²) >= 11 is 0. The molecule has 0 saturated heterocycles. The average Bonchev–Trinajstić information content (AvgIpc) is 3.08. The number of unbranched alkanes of at least 4 members (excludes halogenated alkanes) is 2. The summed E-state index contributed by atoms with van der Waals surface area (Å²) in [5.74, 6) is 0.145. The second kappa shape index (κ2) is 13.3. The number of hydrogen-bond acceptors (Lipinski definition) is 3.